The molecule has 0 bridgehead atoms. The number of carbonyl (C=O) groups is 1. The summed E-state index contributed by atoms with van der Waals surface area (Å²) in [6.07, 6.45) is 2.55. The lowest BCUT2D eigenvalue weighted by molar-refractivity contribution is 0.0668. The fraction of sp³-hybridized carbons (Fsp3) is 0.588. The predicted molar refractivity (Wildman–Crippen MR) is 92.1 cm³/mol. The number of rotatable bonds is 4. The molecule has 1 aliphatic rings. The summed E-state index contributed by atoms with van der Waals surface area (Å²) >= 11 is 0. The fourth-order valence-electron chi connectivity index (χ4n) is 3.04. The number of methoxy groups -OCH3 is 1. The average molecular weight is 347 g/mol. The third kappa shape index (κ3) is 3.68. The van der Waals surface area contributed by atoms with Crippen molar-refractivity contribution < 1.29 is 14.1 Å². The van der Waals surface area contributed by atoms with Gasteiger partial charge in [0.2, 0.25) is 0 Å². The standard InChI is InChI=1S/C17H25N5O3/c1-17(2,3)14-8-13(20-25-14)16(23)22-10-12(24-4)7-11(22)9-21-6-5-15(18)19-21/h5-6,8,11-12H,7,9-10H2,1-4H3,(H2,18,19)/t11-,12+/m0/s1. The highest BCUT2D eigenvalue weighted by molar-refractivity contribution is 5.92. The maximum atomic E-state index is 12.9. The molecule has 8 heteroatoms. The minimum Gasteiger partial charge on any atom is -0.382 e. The van der Waals surface area contributed by atoms with Crippen molar-refractivity contribution in [2.75, 3.05) is 19.4 Å². The van der Waals surface area contributed by atoms with Crippen molar-refractivity contribution in [2.45, 2.75) is 51.3 Å². The van der Waals surface area contributed by atoms with Gasteiger partial charge in [-0.3, -0.25) is 9.48 Å². The lowest BCUT2D eigenvalue weighted by atomic mass is 9.93. The Morgan fingerprint density at radius 2 is 2.24 bits per heavy atom. The molecule has 0 aliphatic carbocycles. The topological polar surface area (TPSA) is 99.4 Å². The number of ether oxygens (including phenoxy) is 1. The van der Waals surface area contributed by atoms with Crippen LogP contribution < -0.4 is 5.73 Å². The number of anilines is 1. The van der Waals surface area contributed by atoms with Crippen LogP contribution in [0.5, 0.6) is 0 Å². The lowest BCUT2D eigenvalue weighted by Gasteiger charge is -2.23. The first kappa shape index (κ1) is 17.5. The molecule has 2 aromatic heterocycles. The summed E-state index contributed by atoms with van der Waals surface area (Å²) in [5, 5.41) is 8.18. The minimum atomic E-state index is -0.197. The molecule has 3 rings (SSSR count). The fourth-order valence-corrected chi connectivity index (χ4v) is 3.04. The number of carbonyl (C=O) groups excluding carboxylic acids is 1. The molecule has 136 valence electrons. The van der Waals surface area contributed by atoms with E-state index in [0.29, 0.717) is 30.4 Å². The van der Waals surface area contributed by atoms with E-state index < -0.39 is 0 Å². The van der Waals surface area contributed by atoms with Gasteiger partial charge in [0.25, 0.3) is 5.91 Å². The van der Waals surface area contributed by atoms with Crippen molar-refractivity contribution in [3.05, 3.63) is 29.8 Å². The summed E-state index contributed by atoms with van der Waals surface area (Å²) in [7, 11) is 1.66. The minimum absolute atomic E-state index is 0.00385. The summed E-state index contributed by atoms with van der Waals surface area (Å²) in [6, 6.07) is 3.43. The van der Waals surface area contributed by atoms with Crippen molar-refractivity contribution in [1.29, 1.82) is 0 Å². The van der Waals surface area contributed by atoms with Gasteiger partial charge in [-0.1, -0.05) is 25.9 Å². The van der Waals surface area contributed by atoms with Gasteiger partial charge < -0.3 is 19.9 Å². The zero-order valence-electron chi connectivity index (χ0n) is 15.1. The third-order valence-electron chi connectivity index (χ3n) is 4.50. The molecule has 8 nitrogen and oxygen atoms in total. The lowest BCUT2D eigenvalue weighted by Crippen LogP contribution is -2.38. The van der Waals surface area contributed by atoms with Crippen molar-refractivity contribution in [3.63, 3.8) is 0 Å². The molecule has 0 spiro atoms. The van der Waals surface area contributed by atoms with Gasteiger partial charge in [-0.2, -0.15) is 5.10 Å². The molecule has 2 atom stereocenters. The SMILES string of the molecule is CO[C@@H]1C[C@@H](Cn2ccc(N)n2)N(C(=O)c2cc(C(C)(C)C)on2)C1. The van der Waals surface area contributed by atoms with E-state index in [0.717, 1.165) is 6.42 Å². The van der Waals surface area contributed by atoms with Gasteiger partial charge >= 0.3 is 0 Å². The van der Waals surface area contributed by atoms with E-state index in [2.05, 4.69) is 10.3 Å². The number of nitrogens with two attached hydrogens (primary N) is 1. The highest BCUT2D eigenvalue weighted by Gasteiger charge is 2.37. The van der Waals surface area contributed by atoms with Crippen LogP contribution in [0.4, 0.5) is 5.82 Å². The van der Waals surface area contributed by atoms with Gasteiger partial charge in [0.1, 0.15) is 11.6 Å². The summed E-state index contributed by atoms with van der Waals surface area (Å²) < 4.78 is 12.6. The van der Waals surface area contributed by atoms with Crippen LogP contribution in [0, 0.1) is 0 Å². The summed E-state index contributed by atoms with van der Waals surface area (Å²) in [4.78, 5) is 14.7. The second-order valence-corrected chi connectivity index (χ2v) is 7.49. The average Bonchev–Trinajstić information content (AvgIpc) is 3.26. The van der Waals surface area contributed by atoms with Gasteiger partial charge in [0.05, 0.1) is 18.7 Å². The molecule has 2 aromatic rings. The van der Waals surface area contributed by atoms with Crippen LogP contribution in [0.15, 0.2) is 22.9 Å². The first-order chi connectivity index (χ1) is 11.8. The van der Waals surface area contributed by atoms with Gasteiger partial charge in [-0.15, -0.1) is 0 Å². The predicted octanol–water partition coefficient (Wildman–Crippen LogP) is 1.68. The Bertz CT molecular complexity index is 746. The third-order valence-corrected chi connectivity index (χ3v) is 4.50. The van der Waals surface area contributed by atoms with E-state index in [1.54, 1.807) is 28.8 Å². The Morgan fingerprint density at radius 3 is 2.80 bits per heavy atom. The Labute approximate surface area is 146 Å². The molecule has 2 N–H and O–H groups in total. The second-order valence-electron chi connectivity index (χ2n) is 7.49. The zero-order valence-corrected chi connectivity index (χ0v) is 15.1. The van der Waals surface area contributed by atoms with E-state index in [-0.39, 0.29) is 23.5 Å². The van der Waals surface area contributed by atoms with Crippen LogP contribution >= 0.6 is 0 Å². The molecule has 3 heterocycles. The van der Waals surface area contributed by atoms with Gasteiger partial charge in [0, 0.05) is 31.3 Å². The van der Waals surface area contributed by atoms with E-state index in [9.17, 15) is 4.79 Å². The summed E-state index contributed by atoms with van der Waals surface area (Å²) in [6.45, 7) is 7.14. The molecule has 25 heavy (non-hydrogen) atoms. The van der Waals surface area contributed by atoms with E-state index in [1.165, 1.54) is 0 Å². The number of nitrogen functional groups attached to an aromatic ring is 1. The van der Waals surface area contributed by atoms with E-state index in [4.69, 9.17) is 15.0 Å². The second kappa shape index (κ2) is 6.51. The Hall–Kier alpha value is -2.35. The first-order valence-electron chi connectivity index (χ1n) is 8.38. The van der Waals surface area contributed by atoms with Gasteiger partial charge in [-0.25, -0.2) is 0 Å². The normalized spacial score (nSPS) is 21.0. The number of nitrogens with zero attached hydrogens (tertiary/aromatic N) is 4. The number of amides is 1. The summed E-state index contributed by atoms with van der Waals surface area (Å²) in [5.41, 5.74) is 5.80. The smallest absolute Gasteiger partial charge is 0.276 e. The highest BCUT2D eigenvalue weighted by atomic mass is 16.5. The molecule has 1 amide bonds. The van der Waals surface area contributed by atoms with Crippen LogP contribution in [-0.4, -0.2) is 51.5 Å². The van der Waals surface area contributed by atoms with Gasteiger partial charge in [0.15, 0.2) is 5.69 Å². The van der Waals surface area contributed by atoms with Crippen LogP contribution in [0.3, 0.4) is 0 Å². The van der Waals surface area contributed by atoms with Crippen molar-refractivity contribution >= 4 is 11.7 Å². The molecule has 0 aromatic carbocycles. The van der Waals surface area contributed by atoms with Crippen LogP contribution in [0.1, 0.15) is 43.4 Å². The van der Waals surface area contributed by atoms with Crippen LogP contribution in [0.25, 0.3) is 0 Å². The number of hydrogen-bond acceptors (Lipinski definition) is 6. The van der Waals surface area contributed by atoms with Crippen LogP contribution in [0.2, 0.25) is 0 Å². The molecule has 0 unspecified atom stereocenters. The number of likely N-dealkylation sites (tertiary alicyclic amines) is 1. The molecule has 0 radical (unpaired) electrons. The van der Waals surface area contributed by atoms with Gasteiger partial charge in [-0.05, 0) is 12.5 Å². The number of aromatic nitrogens is 3. The zero-order chi connectivity index (χ0) is 18.2. The Morgan fingerprint density at radius 1 is 1.48 bits per heavy atom. The maximum Gasteiger partial charge on any atom is 0.276 e. The molecule has 0 saturated carbocycles. The molecule has 1 aliphatic heterocycles. The highest BCUT2D eigenvalue weighted by Crippen LogP contribution is 2.26. The van der Waals surface area contributed by atoms with Crippen molar-refractivity contribution in [1.82, 2.24) is 19.8 Å². The quantitative estimate of drug-likeness (QED) is 0.903. The first-order valence-corrected chi connectivity index (χ1v) is 8.38. The molecular weight excluding hydrogens is 322 g/mol. The maximum absolute atomic E-state index is 12.9. The monoisotopic (exact) mass is 347 g/mol. The number of hydrogen-bond donors (Lipinski definition) is 1. The van der Waals surface area contributed by atoms with Crippen LogP contribution in [-0.2, 0) is 16.7 Å². The summed E-state index contributed by atoms with van der Waals surface area (Å²) in [5.74, 6) is 1.00. The van der Waals surface area contributed by atoms with E-state index in [1.807, 2.05) is 27.0 Å². The molecular formula is C17H25N5O3. The van der Waals surface area contributed by atoms with Crippen molar-refractivity contribution in [3.8, 4) is 0 Å². The Kier molecular flexibility index (Phi) is 4.55. The van der Waals surface area contributed by atoms with E-state index >= 15 is 0 Å². The largest absolute Gasteiger partial charge is 0.382 e. The van der Waals surface area contributed by atoms with Crippen molar-refractivity contribution in [2.24, 2.45) is 0 Å². The Balaban J connectivity index is 1.79. The molecule has 1 fully saturated rings. The molecule has 1 saturated heterocycles.